The number of benzene rings is 1. The van der Waals surface area contributed by atoms with Gasteiger partial charge in [0, 0.05) is 30.2 Å². The summed E-state index contributed by atoms with van der Waals surface area (Å²) in [6.45, 7) is 4.31. The topological polar surface area (TPSA) is 24.9 Å². The van der Waals surface area contributed by atoms with E-state index >= 15 is 0 Å². The van der Waals surface area contributed by atoms with Crippen LogP contribution in [0.5, 0.6) is 0 Å². The lowest BCUT2D eigenvalue weighted by atomic mass is 10.0. The van der Waals surface area contributed by atoms with Crippen molar-refractivity contribution in [2.75, 3.05) is 12.4 Å². The first-order chi connectivity index (χ1) is 8.74. The fourth-order valence-electron chi connectivity index (χ4n) is 2.08. The molecular formula is C16H20N2. The first kappa shape index (κ1) is 12.6. The molecule has 0 aliphatic carbocycles. The largest absolute Gasteiger partial charge is 0.388 e. The molecular weight excluding hydrogens is 220 g/mol. The molecule has 0 saturated heterocycles. The Kier molecular flexibility index (Phi) is 3.98. The van der Waals surface area contributed by atoms with E-state index in [0.29, 0.717) is 0 Å². The van der Waals surface area contributed by atoms with Gasteiger partial charge in [0.15, 0.2) is 0 Å². The van der Waals surface area contributed by atoms with Crippen LogP contribution in [-0.4, -0.2) is 12.0 Å². The summed E-state index contributed by atoms with van der Waals surface area (Å²) in [4.78, 5) is 4.52. The standard InChI is InChI=1S/C16H20N2/c1-4-5-14-9-7-13(11-18-14)16-10-15(17-3)8-6-12(16)2/h6-11,17H,4-5H2,1-3H3. The Morgan fingerprint density at radius 3 is 2.61 bits per heavy atom. The Hall–Kier alpha value is -1.83. The maximum atomic E-state index is 4.52. The second-order valence-corrected chi connectivity index (χ2v) is 4.57. The van der Waals surface area contributed by atoms with Crippen LogP contribution < -0.4 is 5.32 Å². The van der Waals surface area contributed by atoms with Crippen molar-refractivity contribution < 1.29 is 0 Å². The monoisotopic (exact) mass is 240 g/mol. The molecule has 1 N–H and O–H groups in total. The quantitative estimate of drug-likeness (QED) is 0.872. The summed E-state index contributed by atoms with van der Waals surface area (Å²) >= 11 is 0. The molecule has 1 aromatic carbocycles. The van der Waals surface area contributed by atoms with E-state index in [4.69, 9.17) is 0 Å². The first-order valence-corrected chi connectivity index (χ1v) is 6.48. The number of aromatic nitrogens is 1. The predicted molar refractivity (Wildman–Crippen MR) is 78.0 cm³/mol. The number of pyridine rings is 1. The number of aryl methyl sites for hydroxylation is 2. The van der Waals surface area contributed by atoms with Gasteiger partial charge < -0.3 is 5.32 Å². The summed E-state index contributed by atoms with van der Waals surface area (Å²) < 4.78 is 0. The highest BCUT2D eigenvalue weighted by atomic mass is 14.8. The fourth-order valence-corrected chi connectivity index (χ4v) is 2.08. The molecule has 0 atom stereocenters. The molecule has 2 heteroatoms. The molecule has 2 nitrogen and oxygen atoms in total. The summed E-state index contributed by atoms with van der Waals surface area (Å²) in [6, 6.07) is 10.7. The van der Waals surface area contributed by atoms with Gasteiger partial charge in [0.25, 0.3) is 0 Å². The van der Waals surface area contributed by atoms with Crippen molar-refractivity contribution in [3.63, 3.8) is 0 Å². The number of hydrogen-bond donors (Lipinski definition) is 1. The average Bonchev–Trinajstić information content (AvgIpc) is 2.41. The SMILES string of the molecule is CCCc1ccc(-c2cc(NC)ccc2C)cn1. The molecule has 94 valence electrons. The Morgan fingerprint density at radius 2 is 2.00 bits per heavy atom. The third-order valence-electron chi connectivity index (χ3n) is 3.17. The molecule has 18 heavy (non-hydrogen) atoms. The minimum Gasteiger partial charge on any atom is -0.388 e. The Balaban J connectivity index is 2.35. The van der Waals surface area contributed by atoms with E-state index in [1.165, 1.54) is 22.4 Å². The molecule has 0 aliphatic rings. The summed E-state index contributed by atoms with van der Waals surface area (Å²) in [7, 11) is 1.94. The van der Waals surface area contributed by atoms with E-state index in [-0.39, 0.29) is 0 Å². The van der Waals surface area contributed by atoms with Gasteiger partial charge in [-0.3, -0.25) is 4.98 Å². The molecule has 0 saturated carbocycles. The van der Waals surface area contributed by atoms with Crippen LogP contribution >= 0.6 is 0 Å². The molecule has 0 aliphatic heterocycles. The molecule has 0 amide bonds. The van der Waals surface area contributed by atoms with Gasteiger partial charge in [0.05, 0.1) is 0 Å². The predicted octanol–water partition coefficient (Wildman–Crippen LogP) is 4.05. The molecule has 0 unspecified atom stereocenters. The summed E-state index contributed by atoms with van der Waals surface area (Å²) in [5, 5.41) is 3.18. The lowest BCUT2D eigenvalue weighted by Gasteiger charge is -2.09. The van der Waals surface area contributed by atoms with Crippen molar-refractivity contribution in [2.45, 2.75) is 26.7 Å². The average molecular weight is 240 g/mol. The minimum absolute atomic E-state index is 1.05. The van der Waals surface area contributed by atoms with Gasteiger partial charge >= 0.3 is 0 Å². The molecule has 0 radical (unpaired) electrons. The summed E-state index contributed by atoms with van der Waals surface area (Å²) in [5.41, 5.74) is 6.01. The Labute approximate surface area is 109 Å². The third kappa shape index (κ3) is 2.70. The van der Waals surface area contributed by atoms with E-state index in [2.05, 4.69) is 54.5 Å². The van der Waals surface area contributed by atoms with Crippen LogP contribution in [0, 0.1) is 6.92 Å². The van der Waals surface area contributed by atoms with E-state index in [0.717, 1.165) is 18.5 Å². The van der Waals surface area contributed by atoms with Crippen LogP contribution in [0.25, 0.3) is 11.1 Å². The van der Waals surface area contributed by atoms with Crippen LogP contribution in [0.15, 0.2) is 36.5 Å². The maximum absolute atomic E-state index is 4.52. The van der Waals surface area contributed by atoms with E-state index in [9.17, 15) is 0 Å². The molecule has 0 bridgehead atoms. The van der Waals surface area contributed by atoms with E-state index in [1.54, 1.807) is 0 Å². The summed E-state index contributed by atoms with van der Waals surface area (Å²) in [6.07, 6.45) is 4.17. The zero-order valence-electron chi connectivity index (χ0n) is 11.3. The number of rotatable bonds is 4. The number of anilines is 1. The maximum Gasteiger partial charge on any atom is 0.0403 e. The Morgan fingerprint density at radius 1 is 1.17 bits per heavy atom. The molecule has 0 spiro atoms. The molecule has 1 aromatic heterocycles. The van der Waals surface area contributed by atoms with E-state index in [1.807, 2.05) is 13.2 Å². The van der Waals surface area contributed by atoms with Crippen molar-refractivity contribution in [1.82, 2.24) is 4.98 Å². The van der Waals surface area contributed by atoms with Gasteiger partial charge in [-0.2, -0.15) is 0 Å². The van der Waals surface area contributed by atoms with Crippen molar-refractivity contribution in [3.05, 3.63) is 47.8 Å². The second-order valence-electron chi connectivity index (χ2n) is 4.57. The normalized spacial score (nSPS) is 10.4. The lowest BCUT2D eigenvalue weighted by molar-refractivity contribution is 0.883. The molecule has 2 rings (SSSR count). The van der Waals surface area contributed by atoms with Gasteiger partial charge in [-0.05, 0) is 42.7 Å². The van der Waals surface area contributed by atoms with Crippen LogP contribution in [-0.2, 0) is 6.42 Å². The van der Waals surface area contributed by atoms with E-state index < -0.39 is 0 Å². The highest BCUT2D eigenvalue weighted by Crippen LogP contribution is 2.26. The first-order valence-electron chi connectivity index (χ1n) is 6.48. The van der Waals surface area contributed by atoms with Crippen molar-refractivity contribution in [1.29, 1.82) is 0 Å². The van der Waals surface area contributed by atoms with Gasteiger partial charge in [-0.15, -0.1) is 0 Å². The molecule has 1 heterocycles. The Bertz CT molecular complexity index is 515. The van der Waals surface area contributed by atoms with Crippen molar-refractivity contribution in [2.24, 2.45) is 0 Å². The highest BCUT2D eigenvalue weighted by Gasteiger charge is 2.04. The van der Waals surface area contributed by atoms with Crippen molar-refractivity contribution >= 4 is 5.69 Å². The fraction of sp³-hybridized carbons (Fsp3) is 0.312. The lowest BCUT2D eigenvalue weighted by Crippen LogP contribution is -1.92. The van der Waals surface area contributed by atoms with Crippen LogP contribution in [0.4, 0.5) is 5.69 Å². The molecule has 2 aromatic rings. The smallest absolute Gasteiger partial charge is 0.0403 e. The van der Waals surface area contributed by atoms with Gasteiger partial charge in [-0.1, -0.05) is 25.5 Å². The molecule has 0 fully saturated rings. The van der Waals surface area contributed by atoms with Gasteiger partial charge in [0.1, 0.15) is 0 Å². The number of nitrogens with zero attached hydrogens (tertiary/aromatic N) is 1. The van der Waals surface area contributed by atoms with Crippen LogP contribution in [0.1, 0.15) is 24.6 Å². The minimum atomic E-state index is 1.05. The third-order valence-corrected chi connectivity index (χ3v) is 3.17. The zero-order chi connectivity index (χ0) is 13.0. The van der Waals surface area contributed by atoms with Gasteiger partial charge in [0.2, 0.25) is 0 Å². The number of nitrogens with one attached hydrogen (secondary N) is 1. The van der Waals surface area contributed by atoms with Gasteiger partial charge in [-0.25, -0.2) is 0 Å². The van der Waals surface area contributed by atoms with Crippen LogP contribution in [0.2, 0.25) is 0 Å². The number of hydrogen-bond acceptors (Lipinski definition) is 2. The second kappa shape index (κ2) is 5.67. The van der Waals surface area contributed by atoms with Crippen LogP contribution in [0.3, 0.4) is 0 Å². The van der Waals surface area contributed by atoms with Crippen molar-refractivity contribution in [3.8, 4) is 11.1 Å². The summed E-state index contributed by atoms with van der Waals surface area (Å²) in [5.74, 6) is 0. The zero-order valence-corrected chi connectivity index (χ0v) is 11.3. The highest BCUT2D eigenvalue weighted by molar-refractivity contribution is 5.70.